The summed E-state index contributed by atoms with van der Waals surface area (Å²) < 4.78 is 0. The molecule has 3 rings (SSSR count). The standard InChI is InChI=1S/C21H31N3O2.ClH/c1-16-2-4-17(5-3-16)15-23-21(26)19-9-12-24(13-10-19)20(25)7-6-18-8-11-22-14-18;/h2-5,18-19,22H,6-15H2,1H3,(H,23,26);1H. The number of aryl methyl sites for hydroxylation is 1. The van der Waals surface area contributed by atoms with Crippen molar-refractivity contribution >= 4 is 24.2 Å². The second kappa shape index (κ2) is 10.7. The van der Waals surface area contributed by atoms with E-state index in [0.717, 1.165) is 37.9 Å². The molecule has 2 N–H and O–H groups in total. The number of amides is 2. The third kappa shape index (κ3) is 6.51. The highest BCUT2D eigenvalue weighted by Crippen LogP contribution is 2.20. The molecule has 1 atom stereocenters. The van der Waals surface area contributed by atoms with Gasteiger partial charge in [0.05, 0.1) is 0 Å². The highest BCUT2D eigenvalue weighted by atomic mass is 35.5. The summed E-state index contributed by atoms with van der Waals surface area (Å²) in [6.07, 6.45) is 4.38. The molecule has 2 amide bonds. The lowest BCUT2D eigenvalue weighted by Crippen LogP contribution is -2.43. The number of carbonyl (C=O) groups is 2. The lowest BCUT2D eigenvalue weighted by atomic mass is 9.95. The van der Waals surface area contributed by atoms with Crippen LogP contribution in [0.25, 0.3) is 0 Å². The van der Waals surface area contributed by atoms with Crippen LogP contribution in [0.5, 0.6) is 0 Å². The molecule has 2 fully saturated rings. The van der Waals surface area contributed by atoms with Gasteiger partial charge in [0.15, 0.2) is 0 Å². The quantitative estimate of drug-likeness (QED) is 0.781. The maximum absolute atomic E-state index is 12.4. The number of likely N-dealkylation sites (tertiary alicyclic amines) is 1. The average molecular weight is 394 g/mol. The molecule has 0 saturated carbocycles. The fraction of sp³-hybridized carbons (Fsp3) is 0.619. The van der Waals surface area contributed by atoms with E-state index in [1.54, 1.807) is 0 Å². The van der Waals surface area contributed by atoms with E-state index in [1.165, 1.54) is 12.0 Å². The highest BCUT2D eigenvalue weighted by Gasteiger charge is 2.27. The number of piperidine rings is 1. The number of rotatable bonds is 6. The van der Waals surface area contributed by atoms with Crippen LogP contribution >= 0.6 is 12.4 Å². The van der Waals surface area contributed by atoms with Crippen LogP contribution in [0.3, 0.4) is 0 Å². The Morgan fingerprint density at radius 3 is 2.48 bits per heavy atom. The summed E-state index contributed by atoms with van der Waals surface area (Å²) in [7, 11) is 0. The summed E-state index contributed by atoms with van der Waals surface area (Å²) in [6, 6.07) is 8.23. The van der Waals surface area contributed by atoms with Gasteiger partial charge in [-0.15, -0.1) is 12.4 Å². The van der Waals surface area contributed by atoms with Crippen LogP contribution in [0.4, 0.5) is 0 Å². The molecule has 1 unspecified atom stereocenters. The zero-order valence-electron chi connectivity index (χ0n) is 16.2. The van der Waals surface area contributed by atoms with Gasteiger partial charge < -0.3 is 15.5 Å². The number of nitrogens with one attached hydrogen (secondary N) is 2. The van der Waals surface area contributed by atoms with Crippen LogP contribution in [0.2, 0.25) is 0 Å². The van der Waals surface area contributed by atoms with E-state index in [2.05, 4.69) is 41.8 Å². The summed E-state index contributed by atoms with van der Waals surface area (Å²) >= 11 is 0. The molecule has 2 aliphatic heterocycles. The molecule has 0 bridgehead atoms. The van der Waals surface area contributed by atoms with E-state index >= 15 is 0 Å². The van der Waals surface area contributed by atoms with Crippen LogP contribution in [0, 0.1) is 18.8 Å². The van der Waals surface area contributed by atoms with E-state index in [1.807, 2.05) is 4.90 Å². The Bertz CT molecular complexity index is 606. The Labute approximate surface area is 168 Å². The van der Waals surface area contributed by atoms with Crippen molar-refractivity contribution in [2.75, 3.05) is 26.2 Å². The van der Waals surface area contributed by atoms with Crippen LogP contribution in [-0.2, 0) is 16.1 Å². The Morgan fingerprint density at radius 2 is 1.85 bits per heavy atom. The Hall–Kier alpha value is -1.59. The minimum atomic E-state index is 0. The van der Waals surface area contributed by atoms with Gasteiger partial charge in [0.2, 0.25) is 11.8 Å². The van der Waals surface area contributed by atoms with Gasteiger partial charge in [0.25, 0.3) is 0 Å². The molecule has 2 aliphatic rings. The number of benzene rings is 1. The van der Waals surface area contributed by atoms with Crippen LogP contribution in [0.1, 0.15) is 43.2 Å². The summed E-state index contributed by atoms with van der Waals surface area (Å²) in [4.78, 5) is 26.7. The number of hydrogen-bond donors (Lipinski definition) is 2. The molecule has 0 spiro atoms. The van der Waals surface area contributed by atoms with Gasteiger partial charge >= 0.3 is 0 Å². The zero-order chi connectivity index (χ0) is 18.4. The molecule has 27 heavy (non-hydrogen) atoms. The average Bonchev–Trinajstić information content (AvgIpc) is 3.19. The first kappa shape index (κ1) is 21.7. The number of carbonyl (C=O) groups excluding carboxylic acids is 2. The van der Waals surface area contributed by atoms with Crippen molar-refractivity contribution in [1.82, 2.24) is 15.5 Å². The van der Waals surface area contributed by atoms with E-state index < -0.39 is 0 Å². The van der Waals surface area contributed by atoms with Crippen molar-refractivity contribution in [3.8, 4) is 0 Å². The zero-order valence-corrected chi connectivity index (χ0v) is 17.0. The van der Waals surface area contributed by atoms with Crippen molar-refractivity contribution in [3.05, 3.63) is 35.4 Å². The topological polar surface area (TPSA) is 61.4 Å². The predicted molar refractivity (Wildman–Crippen MR) is 110 cm³/mol. The first-order valence-corrected chi connectivity index (χ1v) is 9.93. The van der Waals surface area contributed by atoms with Gasteiger partial charge in [-0.3, -0.25) is 9.59 Å². The molecule has 150 valence electrons. The van der Waals surface area contributed by atoms with Gasteiger partial charge in [0, 0.05) is 32.0 Å². The number of halogens is 1. The largest absolute Gasteiger partial charge is 0.352 e. The third-order valence-electron chi connectivity index (χ3n) is 5.73. The van der Waals surface area contributed by atoms with Crippen LogP contribution in [0.15, 0.2) is 24.3 Å². The summed E-state index contributed by atoms with van der Waals surface area (Å²) in [6.45, 7) is 6.20. The molecule has 0 aliphatic carbocycles. The fourth-order valence-corrected chi connectivity index (χ4v) is 3.88. The molecule has 5 nitrogen and oxygen atoms in total. The first-order chi connectivity index (χ1) is 12.6. The highest BCUT2D eigenvalue weighted by molar-refractivity contribution is 5.85. The number of nitrogens with zero attached hydrogens (tertiary/aromatic N) is 1. The lowest BCUT2D eigenvalue weighted by molar-refractivity contribution is -0.135. The Morgan fingerprint density at radius 1 is 1.15 bits per heavy atom. The van der Waals surface area contributed by atoms with Crippen molar-refractivity contribution in [2.24, 2.45) is 11.8 Å². The molecule has 6 heteroatoms. The van der Waals surface area contributed by atoms with Gasteiger partial charge in [-0.1, -0.05) is 29.8 Å². The van der Waals surface area contributed by atoms with E-state index in [4.69, 9.17) is 0 Å². The third-order valence-corrected chi connectivity index (χ3v) is 5.73. The first-order valence-electron chi connectivity index (χ1n) is 9.93. The van der Waals surface area contributed by atoms with Gasteiger partial charge in [-0.05, 0) is 57.2 Å². The van der Waals surface area contributed by atoms with E-state index in [-0.39, 0.29) is 30.1 Å². The molecule has 1 aromatic rings. The molecule has 0 aromatic heterocycles. The maximum Gasteiger partial charge on any atom is 0.223 e. The minimum absolute atomic E-state index is 0. The van der Waals surface area contributed by atoms with Crippen molar-refractivity contribution in [3.63, 3.8) is 0 Å². The predicted octanol–water partition coefficient (Wildman–Crippen LogP) is 2.66. The monoisotopic (exact) mass is 393 g/mol. The molecular formula is C21H32ClN3O2. The summed E-state index contributed by atoms with van der Waals surface area (Å²) in [5.74, 6) is 1.07. The normalized spacial score (nSPS) is 20.2. The van der Waals surface area contributed by atoms with Crippen molar-refractivity contribution in [1.29, 1.82) is 0 Å². The Kier molecular flexibility index (Phi) is 8.58. The van der Waals surface area contributed by atoms with E-state index in [9.17, 15) is 9.59 Å². The van der Waals surface area contributed by atoms with Crippen LogP contribution in [-0.4, -0.2) is 42.9 Å². The molecule has 2 heterocycles. The SMILES string of the molecule is Cc1ccc(CNC(=O)C2CCN(C(=O)CCC3CCNC3)CC2)cc1.Cl. The van der Waals surface area contributed by atoms with Crippen molar-refractivity contribution < 1.29 is 9.59 Å². The molecule has 1 aromatic carbocycles. The Balaban J connectivity index is 0.00000261. The van der Waals surface area contributed by atoms with E-state index in [0.29, 0.717) is 32.0 Å². The minimum Gasteiger partial charge on any atom is -0.352 e. The second-order valence-electron chi connectivity index (χ2n) is 7.76. The molecular weight excluding hydrogens is 362 g/mol. The second-order valence-corrected chi connectivity index (χ2v) is 7.76. The number of hydrogen-bond acceptors (Lipinski definition) is 3. The molecule has 0 radical (unpaired) electrons. The van der Waals surface area contributed by atoms with Gasteiger partial charge in [-0.2, -0.15) is 0 Å². The van der Waals surface area contributed by atoms with Gasteiger partial charge in [-0.25, -0.2) is 0 Å². The lowest BCUT2D eigenvalue weighted by Gasteiger charge is -2.31. The molecule has 2 saturated heterocycles. The smallest absolute Gasteiger partial charge is 0.223 e. The fourth-order valence-electron chi connectivity index (χ4n) is 3.88. The van der Waals surface area contributed by atoms with Crippen LogP contribution < -0.4 is 10.6 Å². The summed E-state index contributed by atoms with van der Waals surface area (Å²) in [5.41, 5.74) is 2.35. The van der Waals surface area contributed by atoms with Gasteiger partial charge in [0.1, 0.15) is 0 Å². The maximum atomic E-state index is 12.4. The summed E-state index contributed by atoms with van der Waals surface area (Å²) in [5, 5.41) is 6.40. The van der Waals surface area contributed by atoms with Crippen molar-refractivity contribution in [2.45, 2.75) is 45.6 Å².